The standard InChI is InChI=1S/C10H20N2O3S/c1-4-16(14,15)7-10(13)12-6-5-11-8(2)9(12)3/h8-9,11H,4-7H2,1-3H3. The van der Waals surface area contributed by atoms with Gasteiger partial charge in [-0.25, -0.2) is 8.42 Å². The van der Waals surface area contributed by atoms with Crippen LogP contribution >= 0.6 is 0 Å². The number of hydrogen-bond acceptors (Lipinski definition) is 4. The molecule has 0 aromatic rings. The maximum Gasteiger partial charge on any atom is 0.238 e. The van der Waals surface area contributed by atoms with Crippen LogP contribution in [0.4, 0.5) is 0 Å². The van der Waals surface area contributed by atoms with Crippen molar-refractivity contribution in [3.8, 4) is 0 Å². The summed E-state index contributed by atoms with van der Waals surface area (Å²) in [7, 11) is -3.22. The van der Waals surface area contributed by atoms with E-state index in [0.29, 0.717) is 6.54 Å². The Bertz CT molecular complexity index is 353. The van der Waals surface area contributed by atoms with Crippen LogP contribution in [-0.2, 0) is 14.6 Å². The second-order valence-electron chi connectivity index (χ2n) is 4.25. The first-order chi connectivity index (χ1) is 7.37. The van der Waals surface area contributed by atoms with E-state index in [1.165, 1.54) is 0 Å². The van der Waals surface area contributed by atoms with Crippen molar-refractivity contribution in [2.24, 2.45) is 0 Å². The Morgan fingerprint density at radius 1 is 1.44 bits per heavy atom. The molecule has 0 aromatic carbocycles. The number of rotatable bonds is 3. The van der Waals surface area contributed by atoms with Crippen molar-refractivity contribution in [1.29, 1.82) is 0 Å². The molecule has 2 unspecified atom stereocenters. The number of piperazine rings is 1. The number of hydrogen-bond donors (Lipinski definition) is 1. The largest absolute Gasteiger partial charge is 0.336 e. The van der Waals surface area contributed by atoms with E-state index in [-0.39, 0.29) is 29.5 Å². The predicted octanol–water partition coefficient (Wildman–Crippen LogP) is -0.370. The molecule has 1 amide bonds. The molecule has 5 nitrogen and oxygen atoms in total. The third-order valence-corrected chi connectivity index (χ3v) is 4.70. The lowest BCUT2D eigenvalue weighted by Crippen LogP contribution is -2.58. The summed E-state index contributed by atoms with van der Waals surface area (Å²) < 4.78 is 22.8. The van der Waals surface area contributed by atoms with E-state index in [0.717, 1.165) is 6.54 Å². The summed E-state index contributed by atoms with van der Waals surface area (Å²) in [4.78, 5) is 13.5. The molecule has 0 saturated carbocycles. The second-order valence-corrected chi connectivity index (χ2v) is 6.60. The van der Waals surface area contributed by atoms with Gasteiger partial charge in [0, 0.05) is 30.9 Å². The second kappa shape index (κ2) is 5.14. The van der Waals surface area contributed by atoms with E-state index in [9.17, 15) is 13.2 Å². The Hall–Kier alpha value is -0.620. The van der Waals surface area contributed by atoms with Gasteiger partial charge in [-0.2, -0.15) is 0 Å². The highest BCUT2D eigenvalue weighted by Gasteiger charge is 2.29. The fourth-order valence-corrected chi connectivity index (χ4v) is 2.53. The summed E-state index contributed by atoms with van der Waals surface area (Å²) >= 11 is 0. The van der Waals surface area contributed by atoms with Gasteiger partial charge in [-0.3, -0.25) is 4.79 Å². The first kappa shape index (κ1) is 13.4. The average Bonchev–Trinajstić information content (AvgIpc) is 2.21. The molecule has 0 spiro atoms. The van der Waals surface area contributed by atoms with Crippen molar-refractivity contribution in [3.05, 3.63) is 0 Å². The maximum absolute atomic E-state index is 11.8. The summed E-state index contributed by atoms with van der Waals surface area (Å²) in [5.74, 6) is -0.613. The van der Waals surface area contributed by atoms with Gasteiger partial charge in [0.2, 0.25) is 5.91 Å². The molecule has 6 heteroatoms. The number of carbonyl (C=O) groups excluding carboxylic acids is 1. The summed E-state index contributed by atoms with van der Waals surface area (Å²) in [5.41, 5.74) is 0. The first-order valence-electron chi connectivity index (χ1n) is 5.60. The molecule has 94 valence electrons. The zero-order chi connectivity index (χ0) is 12.3. The zero-order valence-corrected chi connectivity index (χ0v) is 10.9. The van der Waals surface area contributed by atoms with Crippen molar-refractivity contribution in [2.45, 2.75) is 32.9 Å². The lowest BCUT2D eigenvalue weighted by Gasteiger charge is -2.38. The fourth-order valence-electron chi connectivity index (χ4n) is 1.78. The lowest BCUT2D eigenvalue weighted by molar-refractivity contribution is -0.132. The highest BCUT2D eigenvalue weighted by molar-refractivity contribution is 7.92. The fraction of sp³-hybridized carbons (Fsp3) is 0.900. The smallest absolute Gasteiger partial charge is 0.238 e. The molecule has 1 aliphatic heterocycles. The molecule has 2 atom stereocenters. The summed E-state index contributed by atoms with van der Waals surface area (Å²) in [6.07, 6.45) is 0. The molecule has 1 N–H and O–H groups in total. The highest BCUT2D eigenvalue weighted by Crippen LogP contribution is 2.10. The van der Waals surface area contributed by atoms with E-state index in [4.69, 9.17) is 0 Å². The summed E-state index contributed by atoms with van der Waals surface area (Å²) in [5, 5.41) is 3.25. The van der Waals surface area contributed by atoms with Gasteiger partial charge < -0.3 is 10.2 Å². The summed E-state index contributed by atoms with van der Waals surface area (Å²) in [6.45, 7) is 6.81. The van der Waals surface area contributed by atoms with Crippen LogP contribution in [0.3, 0.4) is 0 Å². The molecule has 1 saturated heterocycles. The third-order valence-electron chi connectivity index (χ3n) is 3.14. The molecular formula is C10H20N2O3S. The molecule has 0 bridgehead atoms. The van der Waals surface area contributed by atoms with Crippen LogP contribution in [0.1, 0.15) is 20.8 Å². The lowest BCUT2D eigenvalue weighted by atomic mass is 10.1. The number of nitrogens with zero attached hydrogens (tertiary/aromatic N) is 1. The van der Waals surface area contributed by atoms with Gasteiger partial charge in [-0.05, 0) is 13.8 Å². The van der Waals surface area contributed by atoms with E-state index < -0.39 is 9.84 Å². The quantitative estimate of drug-likeness (QED) is 0.740. The number of nitrogens with one attached hydrogen (secondary N) is 1. The first-order valence-corrected chi connectivity index (χ1v) is 7.43. The Labute approximate surface area is 97.1 Å². The Morgan fingerprint density at radius 2 is 2.06 bits per heavy atom. The van der Waals surface area contributed by atoms with E-state index in [1.807, 2.05) is 13.8 Å². The van der Waals surface area contributed by atoms with Gasteiger partial charge >= 0.3 is 0 Å². The molecule has 1 heterocycles. The highest BCUT2D eigenvalue weighted by atomic mass is 32.2. The van der Waals surface area contributed by atoms with Gasteiger partial charge in [0.15, 0.2) is 9.84 Å². The minimum absolute atomic E-state index is 0.0226. The minimum atomic E-state index is -3.22. The topological polar surface area (TPSA) is 66.5 Å². The van der Waals surface area contributed by atoms with E-state index >= 15 is 0 Å². The van der Waals surface area contributed by atoms with Crippen LogP contribution in [0.15, 0.2) is 0 Å². The van der Waals surface area contributed by atoms with Gasteiger partial charge in [0.05, 0.1) is 0 Å². The summed E-state index contributed by atoms with van der Waals surface area (Å²) in [6, 6.07) is 0.260. The van der Waals surface area contributed by atoms with Crippen LogP contribution < -0.4 is 5.32 Å². The average molecular weight is 248 g/mol. The van der Waals surface area contributed by atoms with Crippen molar-refractivity contribution in [3.63, 3.8) is 0 Å². The van der Waals surface area contributed by atoms with Crippen molar-refractivity contribution < 1.29 is 13.2 Å². The Morgan fingerprint density at radius 3 is 2.62 bits per heavy atom. The van der Waals surface area contributed by atoms with Crippen LogP contribution in [0.25, 0.3) is 0 Å². The van der Waals surface area contributed by atoms with Crippen LogP contribution in [0.2, 0.25) is 0 Å². The molecule has 0 radical (unpaired) electrons. The molecular weight excluding hydrogens is 228 g/mol. The third kappa shape index (κ3) is 3.18. The molecule has 1 aliphatic rings. The van der Waals surface area contributed by atoms with Crippen LogP contribution in [-0.4, -0.2) is 55.9 Å². The van der Waals surface area contributed by atoms with Crippen LogP contribution in [0, 0.1) is 0 Å². The SMILES string of the molecule is CCS(=O)(=O)CC(=O)N1CCNC(C)C1C. The van der Waals surface area contributed by atoms with Crippen LogP contribution in [0.5, 0.6) is 0 Å². The minimum Gasteiger partial charge on any atom is -0.336 e. The van der Waals surface area contributed by atoms with Crippen molar-refractivity contribution >= 4 is 15.7 Å². The normalized spacial score (nSPS) is 26.8. The van der Waals surface area contributed by atoms with Gasteiger partial charge in [0.1, 0.15) is 5.75 Å². The predicted molar refractivity (Wildman–Crippen MR) is 63.0 cm³/mol. The number of amides is 1. The van der Waals surface area contributed by atoms with Gasteiger partial charge in [-0.1, -0.05) is 6.92 Å². The molecule has 0 aromatic heterocycles. The zero-order valence-electron chi connectivity index (χ0n) is 10.1. The monoisotopic (exact) mass is 248 g/mol. The van der Waals surface area contributed by atoms with E-state index in [1.54, 1.807) is 11.8 Å². The van der Waals surface area contributed by atoms with Gasteiger partial charge in [0.25, 0.3) is 0 Å². The van der Waals surface area contributed by atoms with Crippen molar-refractivity contribution in [2.75, 3.05) is 24.6 Å². The van der Waals surface area contributed by atoms with E-state index in [2.05, 4.69) is 5.32 Å². The molecule has 1 rings (SSSR count). The molecule has 1 fully saturated rings. The Balaban J connectivity index is 2.67. The van der Waals surface area contributed by atoms with Crippen molar-refractivity contribution in [1.82, 2.24) is 10.2 Å². The Kier molecular flexibility index (Phi) is 4.32. The number of sulfone groups is 1. The van der Waals surface area contributed by atoms with Gasteiger partial charge in [-0.15, -0.1) is 0 Å². The molecule has 0 aliphatic carbocycles. The number of carbonyl (C=O) groups is 1. The maximum atomic E-state index is 11.8. The molecule has 16 heavy (non-hydrogen) atoms.